The molecule has 1 aliphatic rings. The molecule has 1 aromatic heterocycles. The summed E-state index contributed by atoms with van der Waals surface area (Å²) in [6, 6.07) is 2.92. The molecule has 10 nitrogen and oxygen atoms in total. The third-order valence-electron chi connectivity index (χ3n) is 3.60. The van der Waals surface area contributed by atoms with Crippen LogP contribution in [-0.4, -0.2) is 63.0 Å². The number of hydrogen-bond acceptors (Lipinski definition) is 8. The van der Waals surface area contributed by atoms with Crippen molar-refractivity contribution in [2.45, 2.75) is 30.5 Å². The molecular formula is C13H17N3O7. The van der Waals surface area contributed by atoms with Crippen LogP contribution < -0.4 is 11.2 Å². The Morgan fingerprint density at radius 1 is 1.48 bits per heavy atom. The number of ether oxygens (including phenoxy) is 2. The zero-order chi connectivity index (χ0) is 17.0. The van der Waals surface area contributed by atoms with E-state index < -0.39 is 41.9 Å². The van der Waals surface area contributed by atoms with E-state index in [2.05, 4.69) is 0 Å². The molecule has 2 heterocycles. The lowest BCUT2D eigenvalue weighted by atomic mass is 10.0. The molecule has 0 unspecified atom stereocenters. The van der Waals surface area contributed by atoms with E-state index in [0.29, 0.717) is 0 Å². The van der Waals surface area contributed by atoms with E-state index in [9.17, 15) is 24.9 Å². The van der Waals surface area contributed by atoms with Crippen LogP contribution in [-0.2, 0) is 15.2 Å². The van der Waals surface area contributed by atoms with Crippen LogP contribution in [0.5, 0.6) is 0 Å². The second kappa shape index (κ2) is 7.03. The summed E-state index contributed by atoms with van der Waals surface area (Å²) in [7, 11) is 0. The number of aliphatic hydroxyl groups is 3. The average molecular weight is 327 g/mol. The van der Waals surface area contributed by atoms with Crippen molar-refractivity contribution in [2.75, 3.05) is 19.8 Å². The van der Waals surface area contributed by atoms with Crippen molar-refractivity contribution in [3.63, 3.8) is 0 Å². The van der Waals surface area contributed by atoms with Crippen molar-refractivity contribution in [1.82, 2.24) is 9.55 Å². The van der Waals surface area contributed by atoms with Crippen molar-refractivity contribution >= 4 is 0 Å². The highest BCUT2D eigenvalue weighted by atomic mass is 16.6. The van der Waals surface area contributed by atoms with Crippen LogP contribution >= 0.6 is 0 Å². The summed E-state index contributed by atoms with van der Waals surface area (Å²) < 4.78 is 11.6. The molecule has 0 amide bonds. The van der Waals surface area contributed by atoms with E-state index >= 15 is 0 Å². The van der Waals surface area contributed by atoms with Crippen LogP contribution in [0, 0.1) is 11.3 Å². The van der Waals surface area contributed by atoms with Gasteiger partial charge in [-0.25, -0.2) is 4.79 Å². The predicted molar refractivity (Wildman–Crippen MR) is 74.3 cm³/mol. The number of rotatable bonds is 6. The van der Waals surface area contributed by atoms with Crippen molar-refractivity contribution in [3.05, 3.63) is 33.1 Å². The fourth-order valence-electron chi connectivity index (χ4n) is 2.46. The van der Waals surface area contributed by atoms with E-state index in [1.807, 2.05) is 11.1 Å². The summed E-state index contributed by atoms with van der Waals surface area (Å²) in [5.74, 6) is 0. The lowest BCUT2D eigenvalue weighted by Crippen LogP contribution is -2.54. The molecule has 1 fully saturated rings. The van der Waals surface area contributed by atoms with Crippen molar-refractivity contribution in [3.8, 4) is 6.07 Å². The third kappa shape index (κ3) is 3.19. The summed E-state index contributed by atoms with van der Waals surface area (Å²) in [6.07, 6.45) is -3.00. The third-order valence-corrected chi connectivity index (χ3v) is 3.60. The van der Waals surface area contributed by atoms with Gasteiger partial charge >= 0.3 is 5.69 Å². The van der Waals surface area contributed by atoms with Crippen molar-refractivity contribution in [2.24, 2.45) is 0 Å². The first-order chi connectivity index (χ1) is 11.0. The van der Waals surface area contributed by atoms with Gasteiger partial charge in [-0.1, -0.05) is 0 Å². The van der Waals surface area contributed by atoms with Gasteiger partial charge in [0.15, 0.2) is 0 Å². The molecule has 4 atom stereocenters. The maximum Gasteiger partial charge on any atom is 0.330 e. The number of hydrogen-bond donors (Lipinski definition) is 4. The molecule has 0 spiro atoms. The Labute approximate surface area is 130 Å². The molecule has 0 aliphatic carbocycles. The summed E-state index contributed by atoms with van der Waals surface area (Å²) in [6.45, 7) is -0.933. The highest BCUT2D eigenvalue weighted by molar-refractivity contribution is 5.02. The molecule has 0 radical (unpaired) electrons. The molecular weight excluding hydrogens is 310 g/mol. The van der Waals surface area contributed by atoms with E-state index in [4.69, 9.17) is 14.7 Å². The number of aromatic nitrogens is 2. The Hall–Kier alpha value is -2.03. The zero-order valence-electron chi connectivity index (χ0n) is 12.1. The largest absolute Gasteiger partial charge is 0.394 e. The molecule has 0 bridgehead atoms. The molecule has 1 aromatic rings. The van der Waals surface area contributed by atoms with Gasteiger partial charge in [0.1, 0.15) is 18.3 Å². The Morgan fingerprint density at radius 2 is 2.22 bits per heavy atom. The van der Waals surface area contributed by atoms with Crippen molar-refractivity contribution in [1.29, 1.82) is 5.26 Å². The van der Waals surface area contributed by atoms with Gasteiger partial charge in [-0.3, -0.25) is 14.3 Å². The fourth-order valence-corrected chi connectivity index (χ4v) is 2.46. The van der Waals surface area contributed by atoms with Gasteiger partial charge in [0, 0.05) is 12.3 Å². The quantitative estimate of drug-likeness (QED) is 0.409. The molecule has 10 heteroatoms. The lowest BCUT2D eigenvalue weighted by Gasteiger charge is -2.33. The number of nitrogens with zero attached hydrogens (tertiary/aromatic N) is 2. The zero-order valence-corrected chi connectivity index (χ0v) is 12.1. The van der Waals surface area contributed by atoms with Gasteiger partial charge in [0.2, 0.25) is 5.72 Å². The molecule has 2 rings (SSSR count). The van der Waals surface area contributed by atoms with Gasteiger partial charge in [0.05, 0.1) is 32.3 Å². The minimum atomic E-state index is -1.83. The maximum absolute atomic E-state index is 12.0. The van der Waals surface area contributed by atoms with Crippen LogP contribution in [0.15, 0.2) is 21.9 Å². The topological polar surface area (TPSA) is 158 Å². The van der Waals surface area contributed by atoms with Crippen molar-refractivity contribution < 1.29 is 24.8 Å². The molecule has 0 saturated carbocycles. The smallest absolute Gasteiger partial charge is 0.330 e. The first-order valence-electron chi connectivity index (χ1n) is 6.88. The predicted octanol–water partition coefficient (Wildman–Crippen LogP) is -2.77. The molecule has 126 valence electrons. The first-order valence-corrected chi connectivity index (χ1v) is 6.88. The van der Waals surface area contributed by atoms with Crippen LogP contribution in [0.4, 0.5) is 0 Å². The Bertz CT molecular complexity index is 694. The number of aliphatic hydroxyl groups excluding tert-OH is 3. The molecule has 1 saturated heterocycles. The molecule has 1 aliphatic heterocycles. The van der Waals surface area contributed by atoms with E-state index in [1.165, 1.54) is 0 Å². The van der Waals surface area contributed by atoms with Crippen LogP contribution in [0.3, 0.4) is 0 Å². The monoisotopic (exact) mass is 327 g/mol. The van der Waals surface area contributed by atoms with E-state index in [0.717, 1.165) is 16.8 Å². The van der Waals surface area contributed by atoms with Gasteiger partial charge in [0.25, 0.3) is 5.56 Å². The summed E-state index contributed by atoms with van der Waals surface area (Å²) in [4.78, 5) is 25.2. The van der Waals surface area contributed by atoms with E-state index in [1.54, 1.807) is 0 Å². The SMILES string of the molecule is N#CCCOC[C@@]1(n2ccc(=O)[nH]c2=O)O[C@H](CO)[C@@H](O)[C@H]1O. The number of H-pyrrole nitrogens is 1. The summed E-state index contributed by atoms with van der Waals surface area (Å²) in [5.41, 5.74) is -3.34. The van der Waals surface area contributed by atoms with Crippen LogP contribution in [0.1, 0.15) is 6.42 Å². The molecule has 23 heavy (non-hydrogen) atoms. The Balaban J connectivity index is 2.41. The minimum absolute atomic E-state index is 0.0202. The average Bonchev–Trinajstić information content (AvgIpc) is 2.77. The summed E-state index contributed by atoms with van der Waals surface area (Å²) in [5, 5.41) is 38.0. The van der Waals surface area contributed by atoms with Gasteiger partial charge < -0.3 is 24.8 Å². The maximum atomic E-state index is 12.0. The highest BCUT2D eigenvalue weighted by Crippen LogP contribution is 2.35. The van der Waals surface area contributed by atoms with Crippen LogP contribution in [0.2, 0.25) is 0 Å². The highest BCUT2D eigenvalue weighted by Gasteiger charge is 2.56. The minimum Gasteiger partial charge on any atom is -0.394 e. The molecule has 0 aromatic carbocycles. The number of aromatic amines is 1. The summed E-state index contributed by atoms with van der Waals surface area (Å²) >= 11 is 0. The number of nitriles is 1. The van der Waals surface area contributed by atoms with Gasteiger partial charge in [-0.15, -0.1) is 0 Å². The molecule has 4 N–H and O–H groups in total. The Morgan fingerprint density at radius 3 is 2.78 bits per heavy atom. The van der Waals surface area contributed by atoms with E-state index in [-0.39, 0.29) is 19.6 Å². The first kappa shape index (κ1) is 17.3. The number of nitrogens with one attached hydrogen (secondary N) is 1. The Kier molecular flexibility index (Phi) is 5.30. The van der Waals surface area contributed by atoms with Crippen LogP contribution in [0.25, 0.3) is 0 Å². The fraction of sp³-hybridized carbons (Fsp3) is 0.615. The second-order valence-corrected chi connectivity index (χ2v) is 5.06. The lowest BCUT2D eigenvalue weighted by molar-refractivity contribution is -0.184. The normalized spacial score (nSPS) is 30.3. The van der Waals surface area contributed by atoms with Gasteiger partial charge in [-0.2, -0.15) is 5.26 Å². The second-order valence-electron chi connectivity index (χ2n) is 5.06. The standard InChI is InChI=1S/C13H17N3O7/c14-3-1-5-22-7-13(11(20)10(19)8(6-17)23-13)16-4-2-9(18)15-12(16)21/h2,4,8,10-11,17,19-20H,1,5-7H2,(H,15,18,21)/t8-,10-,11-,13-/m1/s1. The van der Waals surface area contributed by atoms with Gasteiger partial charge in [-0.05, 0) is 0 Å².